The van der Waals surface area contributed by atoms with E-state index < -0.39 is 9.84 Å². The van der Waals surface area contributed by atoms with Gasteiger partial charge in [0.05, 0.1) is 10.6 Å². The zero-order valence-corrected chi connectivity index (χ0v) is 19.0. The molecule has 2 aliphatic rings. The van der Waals surface area contributed by atoms with Gasteiger partial charge in [-0.1, -0.05) is 13.8 Å². The third kappa shape index (κ3) is 4.43. The van der Waals surface area contributed by atoms with Crippen molar-refractivity contribution in [2.45, 2.75) is 44.9 Å². The van der Waals surface area contributed by atoms with Crippen molar-refractivity contribution >= 4 is 43.3 Å². The lowest BCUT2D eigenvalue weighted by molar-refractivity contribution is -0.133. The minimum Gasteiger partial charge on any atom is -0.342 e. The number of benzene rings is 1. The largest absolute Gasteiger partial charge is 0.342 e. The van der Waals surface area contributed by atoms with E-state index in [0.717, 1.165) is 12.0 Å². The van der Waals surface area contributed by atoms with Crippen LogP contribution in [0.3, 0.4) is 0 Å². The highest BCUT2D eigenvalue weighted by atomic mass is 79.9. The van der Waals surface area contributed by atoms with Crippen LogP contribution in [0.25, 0.3) is 0 Å². The Hall–Kier alpha value is -1.41. The van der Waals surface area contributed by atoms with Crippen molar-refractivity contribution in [1.29, 1.82) is 0 Å². The molecule has 1 fully saturated rings. The van der Waals surface area contributed by atoms with Crippen LogP contribution in [0.1, 0.15) is 39.2 Å². The average molecular weight is 471 g/mol. The second-order valence-electron chi connectivity index (χ2n) is 8.15. The van der Waals surface area contributed by atoms with E-state index in [1.807, 2.05) is 0 Å². The number of nitrogens with zero attached hydrogens (tertiary/aromatic N) is 2. The second kappa shape index (κ2) is 8.14. The van der Waals surface area contributed by atoms with E-state index in [2.05, 4.69) is 29.8 Å². The van der Waals surface area contributed by atoms with Crippen LogP contribution in [-0.4, -0.2) is 50.5 Å². The van der Waals surface area contributed by atoms with Gasteiger partial charge in [-0.15, -0.1) is 0 Å². The van der Waals surface area contributed by atoms with E-state index in [1.54, 1.807) is 21.9 Å². The zero-order valence-electron chi connectivity index (χ0n) is 16.6. The number of fused-ring (bicyclic) bond motifs is 1. The molecule has 0 aromatic heterocycles. The third-order valence-corrected chi connectivity index (χ3v) is 8.22. The molecule has 0 bridgehead atoms. The molecule has 2 aliphatic heterocycles. The fourth-order valence-corrected chi connectivity index (χ4v) is 6.75. The van der Waals surface area contributed by atoms with Gasteiger partial charge in [-0.25, -0.2) is 8.42 Å². The molecule has 0 aliphatic carbocycles. The summed E-state index contributed by atoms with van der Waals surface area (Å²) in [7, 11) is -3.65. The smallest absolute Gasteiger partial charge is 0.223 e. The van der Waals surface area contributed by atoms with E-state index in [1.165, 1.54) is 6.92 Å². The number of hydrogen-bond donors (Lipinski definition) is 0. The van der Waals surface area contributed by atoms with Gasteiger partial charge in [0.25, 0.3) is 0 Å². The van der Waals surface area contributed by atoms with E-state index in [9.17, 15) is 18.0 Å². The van der Waals surface area contributed by atoms with E-state index in [4.69, 9.17) is 0 Å². The number of hydrogen-bond acceptors (Lipinski definition) is 4. The summed E-state index contributed by atoms with van der Waals surface area (Å²) in [6.07, 6.45) is 1.77. The molecular weight excluding hydrogens is 444 g/mol. The lowest BCUT2D eigenvalue weighted by atomic mass is 9.92. The normalized spacial score (nSPS) is 22.3. The summed E-state index contributed by atoms with van der Waals surface area (Å²) in [5.41, 5.74) is 1.60. The molecule has 1 aromatic rings. The second-order valence-corrected chi connectivity index (χ2v) is 11.1. The zero-order chi connectivity index (χ0) is 20.6. The molecule has 0 unspecified atom stereocenters. The van der Waals surface area contributed by atoms with Crippen LogP contribution in [0.5, 0.6) is 0 Å². The Balaban J connectivity index is 1.75. The number of amides is 2. The molecule has 0 spiro atoms. The van der Waals surface area contributed by atoms with Crippen molar-refractivity contribution in [3.8, 4) is 0 Å². The maximum Gasteiger partial charge on any atom is 0.223 e. The predicted octanol–water partition coefficient (Wildman–Crippen LogP) is 3.03. The van der Waals surface area contributed by atoms with Crippen LogP contribution in [0.15, 0.2) is 21.5 Å². The highest BCUT2D eigenvalue weighted by Gasteiger charge is 2.29. The lowest BCUT2D eigenvalue weighted by Crippen LogP contribution is -2.43. The van der Waals surface area contributed by atoms with Crippen LogP contribution >= 0.6 is 15.9 Å². The lowest BCUT2D eigenvalue weighted by Gasteiger charge is -2.35. The fraction of sp³-hybridized carbons (Fsp3) is 0.600. The van der Waals surface area contributed by atoms with Crippen LogP contribution in [0.4, 0.5) is 5.69 Å². The standard InChI is InChI=1S/C20H27BrN2O4S/c1-13-8-14(2)12-22(11-13)20(25)5-7-28(26,27)19-10-18-16(9-17(19)21)4-6-23(18)15(3)24/h9-10,13-14H,4-8,11-12H2,1-3H3/t13-,14+. The first-order valence-corrected chi connectivity index (χ1v) is 12.1. The Labute approximate surface area is 175 Å². The molecule has 154 valence electrons. The molecule has 2 heterocycles. The molecule has 1 aromatic carbocycles. The number of sulfone groups is 1. The van der Waals surface area contributed by atoms with E-state index in [-0.39, 0.29) is 28.9 Å². The molecule has 2 atom stereocenters. The maximum atomic E-state index is 12.9. The van der Waals surface area contributed by atoms with Gasteiger partial charge < -0.3 is 9.80 Å². The van der Waals surface area contributed by atoms with E-state index >= 15 is 0 Å². The molecule has 0 saturated carbocycles. The summed E-state index contributed by atoms with van der Waals surface area (Å²) < 4.78 is 26.4. The molecule has 28 heavy (non-hydrogen) atoms. The van der Waals surface area contributed by atoms with Crippen LogP contribution in [-0.2, 0) is 25.8 Å². The van der Waals surface area contributed by atoms with Gasteiger partial charge in [-0.2, -0.15) is 0 Å². The predicted molar refractivity (Wildman–Crippen MR) is 112 cm³/mol. The van der Waals surface area contributed by atoms with E-state index in [0.29, 0.717) is 48.1 Å². The summed E-state index contributed by atoms with van der Waals surface area (Å²) in [6, 6.07) is 3.35. The first-order valence-electron chi connectivity index (χ1n) is 9.69. The summed E-state index contributed by atoms with van der Waals surface area (Å²) in [5, 5.41) is 0. The molecule has 6 nitrogen and oxygen atoms in total. The van der Waals surface area contributed by atoms with Gasteiger partial charge in [0, 0.05) is 43.1 Å². The Kier molecular flexibility index (Phi) is 6.20. The highest BCUT2D eigenvalue weighted by Crippen LogP contribution is 2.36. The minimum absolute atomic E-state index is 0.0261. The van der Waals surface area contributed by atoms with Crippen molar-refractivity contribution in [1.82, 2.24) is 4.90 Å². The number of likely N-dealkylation sites (tertiary alicyclic amines) is 1. The summed E-state index contributed by atoms with van der Waals surface area (Å²) in [6.45, 7) is 7.66. The van der Waals surface area contributed by atoms with Gasteiger partial charge in [-0.3, -0.25) is 9.59 Å². The molecule has 3 rings (SSSR count). The van der Waals surface area contributed by atoms with Crippen molar-refractivity contribution < 1.29 is 18.0 Å². The highest BCUT2D eigenvalue weighted by molar-refractivity contribution is 9.10. The number of carbonyl (C=O) groups is 2. The maximum absolute atomic E-state index is 12.9. The quantitative estimate of drug-likeness (QED) is 0.677. The number of carbonyl (C=O) groups excluding carboxylic acids is 2. The van der Waals surface area contributed by atoms with Gasteiger partial charge in [0.2, 0.25) is 11.8 Å². The molecular formula is C20H27BrN2O4S. The summed E-state index contributed by atoms with van der Waals surface area (Å²) in [5.74, 6) is 0.431. The molecule has 0 N–H and O–H groups in total. The fourth-order valence-electron chi connectivity index (χ4n) is 4.31. The Morgan fingerprint density at radius 2 is 1.82 bits per heavy atom. The number of piperidine rings is 1. The van der Waals surface area contributed by atoms with Crippen molar-refractivity contribution in [3.63, 3.8) is 0 Å². The van der Waals surface area contributed by atoms with Crippen molar-refractivity contribution in [3.05, 3.63) is 22.2 Å². The Morgan fingerprint density at radius 1 is 1.18 bits per heavy atom. The number of anilines is 1. The Morgan fingerprint density at radius 3 is 2.43 bits per heavy atom. The van der Waals surface area contributed by atoms with Crippen molar-refractivity contribution in [2.75, 3.05) is 30.3 Å². The van der Waals surface area contributed by atoms with Gasteiger partial charge >= 0.3 is 0 Å². The molecule has 1 saturated heterocycles. The van der Waals surface area contributed by atoms with Gasteiger partial charge in [0.15, 0.2) is 9.84 Å². The average Bonchev–Trinajstić information content (AvgIpc) is 3.01. The molecule has 0 radical (unpaired) electrons. The van der Waals surface area contributed by atoms with Crippen LogP contribution in [0, 0.1) is 11.8 Å². The Bertz CT molecular complexity index is 890. The minimum atomic E-state index is -3.65. The number of rotatable bonds is 4. The van der Waals surface area contributed by atoms with Crippen LogP contribution < -0.4 is 4.90 Å². The topological polar surface area (TPSA) is 74.8 Å². The molecule has 8 heteroatoms. The van der Waals surface area contributed by atoms with Gasteiger partial charge in [-0.05, 0) is 58.3 Å². The molecule has 2 amide bonds. The van der Waals surface area contributed by atoms with Crippen molar-refractivity contribution in [2.24, 2.45) is 11.8 Å². The first kappa shape index (κ1) is 21.3. The third-order valence-electron chi connectivity index (χ3n) is 5.55. The summed E-state index contributed by atoms with van der Waals surface area (Å²) in [4.78, 5) is 27.9. The van der Waals surface area contributed by atoms with Crippen LogP contribution in [0.2, 0.25) is 0 Å². The van der Waals surface area contributed by atoms with Gasteiger partial charge in [0.1, 0.15) is 0 Å². The monoisotopic (exact) mass is 470 g/mol. The summed E-state index contributed by atoms with van der Waals surface area (Å²) >= 11 is 3.36. The number of halogens is 1. The first-order chi connectivity index (χ1) is 13.1. The SMILES string of the molecule is CC(=O)N1CCc2cc(Br)c(S(=O)(=O)CCC(=O)N3C[C@H](C)C[C@H](C)C3)cc21.